The molecule has 1 atom stereocenters. The molecule has 0 aliphatic carbocycles. The van der Waals surface area contributed by atoms with E-state index in [1.54, 1.807) is 0 Å². The van der Waals surface area contributed by atoms with Crippen LogP contribution in [0.3, 0.4) is 0 Å². The minimum atomic E-state index is 0.422. The molecule has 1 rings (SSSR count). The van der Waals surface area contributed by atoms with E-state index in [2.05, 4.69) is 31.3 Å². The maximum atomic E-state index is 9.73. The van der Waals surface area contributed by atoms with E-state index in [-0.39, 0.29) is 0 Å². The molecular weight excluding hydrogens is 242 g/mol. The third-order valence-electron chi connectivity index (χ3n) is 3.10. The summed E-state index contributed by atoms with van der Waals surface area (Å²) < 4.78 is 0. The SMILES string of the molecule is CCSCCC(C)NCc1cc(C)c(O)c(C)c1. The van der Waals surface area contributed by atoms with Gasteiger partial charge < -0.3 is 10.4 Å². The fraction of sp³-hybridized carbons (Fsp3) is 0.600. The lowest BCUT2D eigenvalue weighted by atomic mass is 10.1. The van der Waals surface area contributed by atoms with Crippen molar-refractivity contribution in [2.24, 2.45) is 0 Å². The number of phenolic OH excluding ortho intramolecular Hbond substituents is 1. The maximum Gasteiger partial charge on any atom is 0.121 e. The summed E-state index contributed by atoms with van der Waals surface area (Å²) in [5.41, 5.74) is 3.17. The highest BCUT2D eigenvalue weighted by molar-refractivity contribution is 7.99. The zero-order chi connectivity index (χ0) is 13.5. The third-order valence-corrected chi connectivity index (χ3v) is 4.04. The van der Waals surface area contributed by atoms with Gasteiger partial charge in [0.15, 0.2) is 0 Å². The topological polar surface area (TPSA) is 32.3 Å². The van der Waals surface area contributed by atoms with Crippen molar-refractivity contribution in [3.8, 4) is 5.75 Å². The van der Waals surface area contributed by atoms with Gasteiger partial charge in [-0.15, -0.1) is 0 Å². The van der Waals surface area contributed by atoms with Crippen LogP contribution in [0.5, 0.6) is 5.75 Å². The number of nitrogens with one attached hydrogen (secondary N) is 1. The highest BCUT2D eigenvalue weighted by Gasteiger charge is 2.05. The lowest BCUT2D eigenvalue weighted by Gasteiger charge is -2.14. The standard InChI is InChI=1S/C15H25NOS/c1-5-18-7-6-13(4)16-10-14-8-11(2)15(17)12(3)9-14/h8-9,13,16-17H,5-7,10H2,1-4H3. The van der Waals surface area contributed by atoms with Crippen molar-refractivity contribution >= 4 is 11.8 Å². The molecule has 2 nitrogen and oxygen atoms in total. The number of aryl methyl sites for hydroxylation is 2. The van der Waals surface area contributed by atoms with E-state index in [1.807, 2.05) is 25.6 Å². The van der Waals surface area contributed by atoms with E-state index in [0.717, 1.165) is 17.7 Å². The number of hydrogen-bond acceptors (Lipinski definition) is 3. The number of hydrogen-bond donors (Lipinski definition) is 2. The molecule has 0 spiro atoms. The fourth-order valence-corrected chi connectivity index (χ4v) is 2.76. The van der Waals surface area contributed by atoms with Gasteiger partial charge in [-0.25, -0.2) is 0 Å². The van der Waals surface area contributed by atoms with Crippen molar-refractivity contribution in [2.75, 3.05) is 11.5 Å². The summed E-state index contributed by atoms with van der Waals surface area (Å²) in [4.78, 5) is 0. The van der Waals surface area contributed by atoms with Crippen LogP contribution in [0.25, 0.3) is 0 Å². The molecule has 0 aliphatic heterocycles. The van der Waals surface area contributed by atoms with E-state index < -0.39 is 0 Å². The normalized spacial score (nSPS) is 12.7. The number of benzene rings is 1. The molecule has 1 aromatic rings. The molecule has 0 saturated carbocycles. The molecule has 0 bridgehead atoms. The average molecular weight is 267 g/mol. The van der Waals surface area contributed by atoms with Crippen molar-refractivity contribution in [2.45, 2.75) is 46.7 Å². The molecule has 3 heteroatoms. The first-order valence-electron chi connectivity index (χ1n) is 6.64. The second kappa shape index (κ2) is 7.70. The summed E-state index contributed by atoms with van der Waals surface area (Å²) in [6, 6.07) is 4.66. The smallest absolute Gasteiger partial charge is 0.121 e. The first-order valence-corrected chi connectivity index (χ1v) is 7.80. The van der Waals surface area contributed by atoms with Gasteiger partial charge >= 0.3 is 0 Å². The molecule has 1 aromatic carbocycles. The minimum Gasteiger partial charge on any atom is -0.507 e. The molecule has 0 radical (unpaired) electrons. The van der Waals surface area contributed by atoms with Gasteiger partial charge in [-0.2, -0.15) is 11.8 Å². The fourth-order valence-electron chi connectivity index (χ4n) is 1.95. The van der Waals surface area contributed by atoms with Crippen LogP contribution in [0.2, 0.25) is 0 Å². The van der Waals surface area contributed by atoms with Crippen molar-refractivity contribution in [1.82, 2.24) is 5.32 Å². The molecule has 18 heavy (non-hydrogen) atoms. The van der Waals surface area contributed by atoms with Crippen LogP contribution in [0.4, 0.5) is 0 Å². The van der Waals surface area contributed by atoms with Crippen LogP contribution in [0, 0.1) is 13.8 Å². The van der Waals surface area contributed by atoms with Gasteiger partial charge in [0.05, 0.1) is 0 Å². The summed E-state index contributed by atoms with van der Waals surface area (Å²) in [5.74, 6) is 2.84. The molecule has 2 N–H and O–H groups in total. The van der Waals surface area contributed by atoms with Crippen LogP contribution < -0.4 is 5.32 Å². The van der Waals surface area contributed by atoms with Gasteiger partial charge in [-0.1, -0.05) is 19.1 Å². The Kier molecular flexibility index (Phi) is 6.58. The van der Waals surface area contributed by atoms with Crippen LogP contribution in [-0.2, 0) is 6.54 Å². The summed E-state index contributed by atoms with van der Waals surface area (Å²) in [6.45, 7) is 9.21. The Morgan fingerprint density at radius 1 is 1.28 bits per heavy atom. The number of rotatable bonds is 7. The van der Waals surface area contributed by atoms with Gasteiger partial charge in [0.1, 0.15) is 5.75 Å². The molecule has 0 aliphatic rings. The highest BCUT2D eigenvalue weighted by Crippen LogP contribution is 2.22. The Morgan fingerprint density at radius 3 is 2.44 bits per heavy atom. The summed E-state index contributed by atoms with van der Waals surface area (Å²) in [7, 11) is 0. The predicted octanol–water partition coefficient (Wildman–Crippen LogP) is 3.63. The number of phenols is 1. The van der Waals surface area contributed by atoms with Gasteiger partial charge in [-0.05, 0) is 55.4 Å². The molecule has 0 amide bonds. The third kappa shape index (κ3) is 4.91. The second-order valence-electron chi connectivity index (χ2n) is 4.85. The molecule has 0 fully saturated rings. The minimum absolute atomic E-state index is 0.422. The zero-order valence-electron chi connectivity index (χ0n) is 11.9. The van der Waals surface area contributed by atoms with Crippen LogP contribution in [0.15, 0.2) is 12.1 Å². The molecule has 0 saturated heterocycles. The summed E-state index contributed by atoms with van der Waals surface area (Å²) >= 11 is 1.99. The van der Waals surface area contributed by atoms with Gasteiger partial charge in [-0.3, -0.25) is 0 Å². The van der Waals surface area contributed by atoms with E-state index in [0.29, 0.717) is 11.8 Å². The Balaban J connectivity index is 2.43. The Labute approximate surface area is 115 Å². The zero-order valence-corrected chi connectivity index (χ0v) is 12.7. The molecule has 0 aromatic heterocycles. The number of thioether (sulfide) groups is 1. The van der Waals surface area contributed by atoms with E-state index in [4.69, 9.17) is 0 Å². The van der Waals surface area contributed by atoms with Gasteiger partial charge in [0, 0.05) is 12.6 Å². The van der Waals surface area contributed by atoms with Gasteiger partial charge in [0.2, 0.25) is 0 Å². The Hall–Kier alpha value is -0.670. The van der Waals surface area contributed by atoms with Crippen LogP contribution in [-0.4, -0.2) is 22.7 Å². The molecular formula is C15H25NOS. The summed E-state index contributed by atoms with van der Waals surface area (Å²) in [5, 5.41) is 13.3. The first-order chi connectivity index (χ1) is 8.54. The highest BCUT2D eigenvalue weighted by atomic mass is 32.2. The Bertz CT molecular complexity index is 356. The Morgan fingerprint density at radius 2 is 1.89 bits per heavy atom. The number of aromatic hydroxyl groups is 1. The van der Waals surface area contributed by atoms with Crippen molar-refractivity contribution in [3.05, 3.63) is 28.8 Å². The van der Waals surface area contributed by atoms with Crippen LogP contribution in [0.1, 0.15) is 37.0 Å². The van der Waals surface area contributed by atoms with Crippen molar-refractivity contribution < 1.29 is 5.11 Å². The van der Waals surface area contributed by atoms with Crippen molar-refractivity contribution in [1.29, 1.82) is 0 Å². The quantitative estimate of drug-likeness (QED) is 0.740. The molecule has 1 unspecified atom stereocenters. The first kappa shape index (κ1) is 15.4. The van der Waals surface area contributed by atoms with Gasteiger partial charge in [0.25, 0.3) is 0 Å². The average Bonchev–Trinajstić information content (AvgIpc) is 2.33. The van der Waals surface area contributed by atoms with Crippen LogP contribution >= 0.6 is 11.8 Å². The second-order valence-corrected chi connectivity index (χ2v) is 6.24. The molecule has 102 valence electrons. The van der Waals surface area contributed by atoms with E-state index in [9.17, 15) is 5.11 Å². The summed E-state index contributed by atoms with van der Waals surface area (Å²) in [6.07, 6.45) is 1.20. The lowest BCUT2D eigenvalue weighted by Crippen LogP contribution is -2.26. The molecule has 0 heterocycles. The maximum absolute atomic E-state index is 9.73. The monoisotopic (exact) mass is 267 g/mol. The van der Waals surface area contributed by atoms with E-state index in [1.165, 1.54) is 23.5 Å². The predicted molar refractivity (Wildman–Crippen MR) is 81.5 cm³/mol. The largest absolute Gasteiger partial charge is 0.507 e. The van der Waals surface area contributed by atoms with E-state index >= 15 is 0 Å². The van der Waals surface area contributed by atoms with Crippen molar-refractivity contribution in [3.63, 3.8) is 0 Å². The lowest BCUT2D eigenvalue weighted by molar-refractivity contribution is 0.466.